The zero-order chi connectivity index (χ0) is 49.6. The van der Waals surface area contributed by atoms with Crippen molar-refractivity contribution in [3.8, 4) is 11.1 Å². The van der Waals surface area contributed by atoms with Gasteiger partial charge in [0.2, 0.25) is 11.8 Å². The molecule has 13 nitrogen and oxygen atoms in total. The molecular formula is C59H54N4O9. The van der Waals surface area contributed by atoms with Crippen molar-refractivity contribution < 1.29 is 43.0 Å². The minimum Gasteiger partial charge on any atom is -0.466 e. The monoisotopic (exact) mass is 962 g/mol. The Bertz CT molecular complexity index is 3050. The Labute approximate surface area is 417 Å². The first-order valence-corrected chi connectivity index (χ1v) is 24.5. The van der Waals surface area contributed by atoms with Crippen molar-refractivity contribution in [3.63, 3.8) is 0 Å². The maximum Gasteiger partial charge on any atom is 0.256 e. The Balaban J connectivity index is 0.671. The van der Waals surface area contributed by atoms with E-state index in [4.69, 9.17) is 19.2 Å². The van der Waals surface area contributed by atoms with Gasteiger partial charge in [-0.1, -0.05) is 133 Å². The fraction of sp³-hybridized carbons (Fsp3) is 0.271. The van der Waals surface area contributed by atoms with Crippen molar-refractivity contribution in [2.45, 2.75) is 69.5 Å². The van der Waals surface area contributed by atoms with E-state index in [1.807, 2.05) is 140 Å². The second-order valence-electron chi connectivity index (χ2n) is 18.7. The van der Waals surface area contributed by atoms with Gasteiger partial charge in [0.1, 0.15) is 5.78 Å². The van der Waals surface area contributed by atoms with Crippen molar-refractivity contribution in [3.05, 3.63) is 202 Å². The summed E-state index contributed by atoms with van der Waals surface area (Å²) in [6, 6.07) is 47.4. The highest BCUT2D eigenvalue weighted by Crippen LogP contribution is 2.46. The van der Waals surface area contributed by atoms with E-state index in [9.17, 15) is 28.8 Å². The summed E-state index contributed by atoms with van der Waals surface area (Å²) in [6.07, 6.45) is 0.225. The number of ketones is 3. The molecule has 0 saturated heterocycles. The first-order valence-electron chi connectivity index (χ1n) is 24.5. The number of carbonyl (C=O) groups is 6. The lowest BCUT2D eigenvalue weighted by molar-refractivity contribution is -0.143. The van der Waals surface area contributed by atoms with E-state index in [0.29, 0.717) is 49.7 Å². The third-order valence-electron chi connectivity index (χ3n) is 14.0. The third kappa shape index (κ3) is 10.2. The number of nitrogens with one attached hydrogen (secondary N) is 1. The molecule has 1 fully saturated rings. The van der Waals surface area contributed by atoms with E-state index in [1.54, 1.807) is 21.9 Å². The number of benzene rings is 6. The predicted molar refractivity (Wildman–Crippen MR) is 269 cm³/mol. The van der Waals surface area contributed by atoms with E-state index in [2.05, 4.69) is 5.32 Å². The van der Waals surface area contributed by atoms with Crippen molar-refractivity contribution in [2.75, 3.05) is 32.9 Å². The standard InChI is InChI=1S/C59H54N4O9/c64-47-26-27-51(53(66)33-47)63-36-50-45(15-9-17-49(50)57(63)68)32-52(65)43-24-22-42(23-25-43)41-20-18-40(19-21-41)38-71-31-30-70-29-28-60-54(67)37-62-35-46-14-7-8-16-48(46)55-59(58(62)69,34-39-10-3-1-4-11-39)61-56(72-55)44-12-5-2-6-13-44/h1-25,51,55H,26-38H2,(H,60,67)/t51?,55-,59-/m0/s1. The van der Waals surface area contributed by atoms with Gasteiger partial charge in [0.25, 0.3) is 11.8 Å². The molecule has 72 heavy (non-hydrogen) atoms. The molecule has 3 aliphatic heterocycles. The summed E-state index contributed by atoms with van der Waals surface area (Å²) < 4.78 is 18.3. The van der Waals surface area contributed by atoms with Gasteiger partial charge in [0, 0.05) is 61.2 Å². The Morgan fingerprint density at radius 2 is 1.42 bits per heavy atom. The molecule has 1 unspecified atom stereocenters. The maximum absolute atomic E-state index is 14.8. The molecule has 4 aliphatic rings. The maximum atomic E-state index is 14.8. The van der Waals surface area contributed by atoms with Crippen LogP contribution in [0.5, 0.6) is 0 Å². The van der Waals surface area contributed by atoms with Crippen LogP contribution in [0.2, 0.25) is 0 Å². The largest absolute Gasteiger partial charge is 0.466 e. The average Bonchev–Trinajstić information content (AvgIpc) is 3.93. The molecule has 6 aromatic rings. The van der Waals surface area contributed by atoms with E-state index >= 15 is 0 Å². The molecule has 1 N–H and O–H groups in total. The van der Waals surface area contributed by atoms with Crippen LogP contribution in [0.1, 0.15) is 85.0 Å². The first-order chi connectivity index (χ1) is 35.1. The van der Waals surface area contributed by atoms with Crippen LogP contribution in [0.25, 0.3) is 11.1 Å². The van der Waals surface area contributed by atoms with E-state index in [-0.39, 0.29) is 87.1 Å². The molecule has 13 heteroatoms. The number of hydrogen-bond donors (Lipinski definition) is 1. The van der Waals surface area contributed by atoms with Gasteiger partial charge in [-0.3, -0.25) is 28.8 Å². The normalized spacial score (nSPS) is 19.2. The molecule has 3 atom stereocenters. The van der Waals surface area contributed by atoms with Crippen LogP contribution in [0, 0.1) is 0 Å². The summed E-state index contributed by atoms with van der Waals surface area (Å²) in [7, 11) is 0. The summed E-state index contributed by atoms with van der Waals surface area (Å²) in [5, 5.41) is 2.92. The van der Waals surface area contributed by atoms with Crippen molar-refractivity contribution >= 4 is 41.0 Å². The van der Waals surface area contributed by atoms with Gasteiger partial charge in [0.05, 0.1) is 45.4 Å². The molecule has 364 valence electrons. The van der Waals surface area contributed by atoms with E-state index in [1.165, 1.54) is 0 Å². The molecule has 0 radical (unpaired) electrons. The number of hydrogen-bond acceptors (Lipinski definition) is 10. The molecular weight excluding hydrogens is 909 g/mol. The minimum atomic E-state index is -1.33. The van der Waals surface area contributed by atoms with Crippen molar-refractivity contribution in [2.24, 2.45) is 4.99 Å². The molecule has 10 rings (SSSR count). The molecule has 1 aliphatic carbocycles. The SMILES string of the molecule is O=C1CCC(N2Cc3c(CC(=O)c4ccc(-c5ccc(COCCOCCNC(=O)CN6Cc7ccccc7[C@@H]7OC(c8ccccc8)=N[C@]7(Cc7ccccc7)C6=O)cc5)cc4)cccc3C2=O)C(=O)C1. The zero-order valence-corrected chi connectivity index (χ0v) is 39.8. The van der Waals surface area contributed by atoms with Crippen LogP contribution >= 0.6 is 0 Å². The van der Waals surface area contributed by atoms with Gasteiger partial charge in [-0.15, -0.1) is 0 Å². The van der Waals surface area contributed by atoms with Crippen molar-refractivity contribution in [1.82, 2.24) is 15.1 Å². The number of rotatable bonds is 18. The molecule has 0 spiro atoms. The number of aliphatic imine (C=N–C) groups is 1. The van der Waals surface area contributed by atoms with E-state index in [0.717, 1.165) is 50.1 Å². The fourth-order valence-electron chi connectivity index (χ4n) is 10.2. The highest BCUT2D eigenvalue weighted by atomic mass is 16.5. The molecule has 3 heterocycles. The van der Waals surface area contributed by atoms with Crippen molar-refractivity contribution in [1.29, 1.82) is 0 Å². The van der Waals surface area contributed by atoms with E-state index < -0.39 is 17.7 Å². The average molecular weight is 963 g/mol. The lowest BCUT2D eigenvalue weighted by Crippen LogP contribution is -2.52. The second kappa shape index (κ2) is 21.2. The Kier molecular flexibility index (Phi) is 14.1. The number of fused-ring (bicyclic) bond motifs is 4. The summed E-state index contributed by atoms with van der Waals surface area (Å²) in [5.74, 6) is -0.785. The van der Waals surface area contributed by atoms with Crippen LogP contribution in [-0.4, -0.2) is 95.3 Å². The number of nitrogens with zero attached hydrogens (tertiary/aromatic N) is 3. The third-order valence-corrected chi connectivity index (χ3v) is 14.0. The second-order valence-corrected chi connectivity index (χ2v) is 18.7. The highest BCUT2D eigenvalue weighted by Gasteiger charge is 2.57. The van der Waals surface area contributed by atoms with Gasteiger partial charge >= 0.3 is 0 Å². The minimum absolute atomic E-state index is 0.0751. The van der Waals surface area contributed by atoms with Gasteiger partial charge < -0.3 is 29.3 Å². The van der Waals surface area contributed by atoms with Crippen LogP contribution in [-0.2, 0) is 65.9 Å². The summed E-state index contributed by atoms with van der Waals surface area (Å²) in [5.41, 5.74) is 7.69. The number of carbonyl (C=O) groups excluding carboxylic acids is 6. The smallest absolute Gasteiger partial charge is 0.256 e. The van der Waals surface area contributed by atoms with Gasteiger partial charge in [-0.05, 0) is 63.6 Å². The fourth-order valence-corrected chi connectivity index (χ4v) is 10.2. The van der Waals surface area contributed by atoms with Crippen LogP contribution in [0.4, 0.5) is 0 Å². The topological polar surface area (TPSA) is 161 Å². The van der Waals surface area contributed by atoms with Gasteiger partial charge in [0.15, 0.2) is 23.2 Å². The first kappa shape index (κ1) is 47.8. The number of amides is 3. The Hall–Kier alpha value is -7.87. The lowest BCUT2D eigenvalue weighted by atomic mass is 9.81. The molecule has 6 aromatic carbocycles. The quantitative estimate of drug-likeness (QED) is 0.0520. The molecule has 0 bridgehead atoms. The Morgan fingerprint density at radius 3 is 2.18 bits per heavy atom. The summed E-state index contributed by atoms with van der Waals surface area (Å²) >= 11 is 0. The number of ether oxygens (including phenoxy) is 3. The van der Waals surface area contributed by atoms with Crippen LogP contribution < -0.4 is 5.32 Å². The van der Waals surface area contributed by atoms with Gasteiger partial charge in [-0.25, -0.2) is 4.99 Å². The molecule has 3 amide bonds. The van der Waals surface area contributed by atoms with Crippen LogP contribution in [0.15, 0.2) is 157 Å². The highest BCUT2D eigenvalue weighted by molar-refractivity contribution is 6.08. The lowest BCUT2D eigenvalue weighted by Gasteiger charge is -2.32. The molecule has 1 saturated carbocycles. The summed E-state index contributed by atoms with van der Waals surface area (Å²) in [4.78, 5) is 87.7. The van der Waals surface area contributed by atoms with Crippen LogP contribution in [0.3, 0.4) is 0 Å². The number of Topliss-reactive ketones (excluding diaryl/α,β-unsaturated/α-hetero) is 3. The predicted octanol–water partition coefficient (Wildman–Crippen LogP) is 7.62. The molecule has 0 aromatic heterocycles. The zero-order valence-electron chi connectivity index (χ0n) is 39.8. The summed E-state index contributed by atoms with van der Waals surface area (Å²) in [6.45, 7) is 1.95. The Morgan fingerprint density at radius 1 is 0.708 bits per heavy atom. The van der Waals surface area contributed by atoms with Gasteiger partial charge in [-0.2, -0.15) is 0 Å².